The van der Waals surface area contributed by atoms with Crippen molar-refractivity contribution in [2.24, 2.45) is 0 Å². The second kappa shape index (κ2) is 3.26. The van der Waals surface area contributed by atoms with Gasteiger partial charge in [-0.05, 0) is 4.53 Å². The summed E-state index contributed by atoms with van der Waals surface area (Å²) < 4.78 is 27.5. The first-order valence-electron chi connectivity index (χ1n) is 3.90. The lowest BCUT2D eigenvalue weighted by Gasteiger charge is -2.13. The van der Waals surface area contributed by atoms with Gasteiger partial charge in [0.1, 0.15) is 18.3 Å². The number of halogens is 1. The van der Waals surface area contributed by atoms with Crippen molar-refractivity contribution in [3.8, 4) is 0 Å². The molecule has 0 N–H and O–H groups in total. The van der Waals surface area contributed by atoms with Crippen LogP contribution < -0.4 is 0 Å². The summed E-state index contributed by atoms with van der Waals surface area (Å²) in [4.78, 5) is 3.71. The Morgan fingerprint density at radius 2 is 1.75 bits per heavy atom. The highest BCUT2D eigenvalue weighted by Crippen LogP contribution is 2.30. The van der Waals surface area contributed by atoms with Crippen molar-refractivity contribution in [2.45, 2.75) is 24.4 Å². The van der Waals surface area contributed by atoms with E-state index in [2.05, 4.69) is 4.94 Å². The highest BCUT2D eigenvalue weighted by Gasteiger charge is 2.49. The van der Waals surface area contributed by atoms with E-state index in [0.717, 1.165) is 0 Å². The first-order chi connectivity index (χ1) is 5.86. The van der Waals surface area contributed by atoms with Crippen LogP contribution >= 0.6 is 0 Å². The maximum Gasteiger partial charge on any atom is 0.150 e. The van der Waals surface area contributed by atoms with Crippen molar-refractivity contribution < 1.29 is 23.7 Å². The van der Waals surface area contributed by atoms with Gasteiger partial charge in [-0.1, -0.05) is 0 Å². The Morgan fingerprint density at radius 1 is 1.17 bits per heavy atom. The van der Waals surface area contributed by atoms with Gasteiger partial charge in [0.15, 0.2) is 6.10 Å². The van der Waals surface area contributed by atoms with E-state index < -0.39 is 6.10 Å². The maximum atomic E-state index is 11.9. The van der Waals surface area contributed by atoms with Crippen LogP contribution in [-0.2, 0) is 19.2 Å². The molecule has 2 aliphatic heterocycles. The zero-order valence-electron chi connectivity index (χ0n) is 6.73. The number of hydrogen-bond donors (Lipinski definition) is 0. The molecule has 0 amide bonds. The van der Waals surface area contributed by atoms with Crippen molar-refractivity contribution in [1.82, 2.24) is 0 Å². The van der Waals surface area contributed by atoms with Crippen LogP contribution in [0.4, 0.5) is 4.53 Å². The quantitative estimate of drug-likeness (QED) is 0.599. The number of rotatable bonds is 2. The van der Waals surface area contributed by atoms with E-state index in [1.54, 1.807) is 7.11 Å². The van der Waals surface area contributed by atoms with Crippen LogP contribution in [0.5, 0.6) is 0 Å². The number of hydrogen-bond acceptors (Lipinski definition) is 4. The van der Waals surface area contributed by atoms with Gasteiger partial charge in [0.25, 0.3) is 0 Å². The van der Waals surface area contributed by atoms with Crippen molar-refractivity contribution in [1.29, 1.82) is 0 Å². The molecular weight excluding hydrogens is 167 g/mol. The minimum absolute atomic E-state index is 0.0878. The summed E-state index contributed by atoms with van der Waals surface area (Å²) >= 11 is 0. The van der Waals surface area contributed by atoms with Gasteiger partial charge < -0.3 is 14.2 Å². The number of ether oxygens (including phenoxy) is 3. The molecule has 0 bridgehead atoms. The zero-order chi connectivity index (χ0) is 8.55. The minimum Gasteiger partial charge on any atom is -0.376 e. The Labute approximate surface area is 69.4 Å². The molecule has 2 aliphatic rings. The molecule has 2 rings (SSSR count). The summed E-state index contributed by atoms with van der Waals surface area (Å²) in [5.74, 6) is 0. The monoisotopic (exact) mass is 178 g/mol. The largest absolute Gasteiger partial charge is 0.376 e. The third kappa shape index (κ3) is 1.13. The Morgan fingerprint density at radius 3 is 2.33 bits per heavy atom. The zero-order valence-corrected chi connectivity index (χ0v) is 6.73. The highest BCUT2D eigenvalue weighted by atomic mass is 19.3. The normalized spacial score (nSPS) is 46.5. The fourth-order valence-electron chi connectivity index (χ4n) is 1.71. The van der Waals surface area contributed by atoms with Crippen LogP contribution in [0.3, 0.4) is 0 Å². The SMILES string of the molecule is COC1CO[C@@H]2C(OF)CO[C@H]12. The lowest BCUT2D eigenvalue weighted by atomic mass is 10.1. The summed E-state index contributed by atoms with van der Waals surface area (Å²) in [5, 5.41) is 0. The number of methoxy groups -OCH3 is 1. The van der Waals surface area contributed by atoms with Crippen LogP contribution in [0.25, 0.3) is 0 Å². The van der Waals surface area contributed by atoms with E-state index in [-0.39, 0.29) is 24.9 Å². The molecule has 4 nitrogen and oxygen atoms in total. The molecule has 2 unspecified atom stereocenters. The number of fused-ring (bicyclic) bond motifs is 1. The van der Waals surface area contributed by atoms with Crippen molar-refractivity contribution in [3.63, 3.8) is 0 Å². The highest BCUT2D eigenvalue weighted by molar-refractivity contribution is 4.95. The molecule has 0 aliphatic carbocycles. The Bertz CT molecular complexity index is 147. The predicted octanol–water partition coefficient (Wildman–Crippen LogP) is 0.0687. The van der Waals surface area contributed by atoms with Crippen LogP contribution in [0.2, 0.25) is 0 Å². The van der Waals surface area contributed by atoms with Gasteiger partial charge >= 0.3 is 0 Å². The molecule has 0 saturated carbocycles. The Balaban J connectivity index is 2.01. The smallest absolute Gasteiger partial charge is 0.150 e. The lowest BCUT2D eigenvalue weighted by molar-refractivity contribution is -0.201. The van der Waals surface area contributed by atoms with Crippen molar-refractivity contribution in [3.05, 3.63) is 0 Å². The van der Waals surface area contributed by atoms with E-state index in [1.165, 1.54) is 0 Å². The molecular formula is C7H11FO4. The summed E-state index contributed by atoms with van der Waals surface area (Å²) in [6, 6.07) is 0. The molecule has 5 heteroatoms. The first-order valence-corrected chi connectivity index (χ1v) is 3.90. The van der Waals surface area contributed by atoms with Crippen LogP contribution in [-0.4, -0.2) is 44.7 Å². The average Bonchev–Trinajstić information content (AvgIpc) is 2.62. The minimum atomic E-state index is -0.588. The summed E-state index contributed by atoms with van der Waals surface area (Å²) in [6.07, 6.45) is -1.15. The molecule has 0 radical (unpaired) electrons. The molecule has 70 valence electrons. The molecule has 2 saturated heterocycles. The molecule has 0 aromatic rings. The van der Waals surface area contributed by atoms with Crippen LogP contribution in [0, 0.1) is 0 Å². The second-order valence-corrected chi connectivity index (χ2v) is 3.00. The Hall–Kier alpha value is -0.230. The third-order valence-corrected chi connectivity index (χ3v) is 2.38. The van der Waals surface area contributed by atoms with Crippen molar-refractivity contribution >= 4 is 0 Å². The van der Waals surface area contributed by atoms with E-state index in [1.807, 2.05) is 0 Å². The van der Waals surface area contributed by atoms with Gasteiger partial charge in [-0.3, -0.25) is 0 Å². The van der Waals surface area contributed by atoms with Crippen molar-refractivity contribution in [2.75, 3.05) is 20.3 Å². The molecule has 12 heavy (non-hydrogen) atoms. The van der Waals surface area contributed by atoms with E-state index >= 15 is 0 Å². The van der Waals surface area contributed by atoms with Gasteiger partial charge in [0.2, 0.25) is 0 Å². The van der Waals surface area contributed by atoms with E-state index in [4.69, 9.17) is 14.2 Å². The van der Waals surface area contributed by atoms with E-state index in [9.17, 15) is 4.53 Å². The van der Waals surface area contributed by atoms with Gasteiger partial charge in [-0.25, -0.2) is 0 Å². The fraction of sp³-hybridized carbons (Fsp3) is 1.00. The third-order valence-electron chi connectivity index (χ3n) is 2.38. The van der Waals surface area contributed by atoms with Crippen LogP contribution in [0.1, 0.15) is 0 Å². The predicted molar refractivity (Wildman–Crippen MR) is 36.3 cm³/mol. The van der Waals surface area contributed by atoms with Gasteiger partial charge in [0, 0.05) is 7.11 Å². The molecule has 4 atom stereocenters. The Kier molecular flexibility index (Phi) is 2.27. The van der Waals surface area contributed by atoms with Gasteiger partial charge in [0.05, 0.1) is 13.2 Å². The molecule has 0 spiro atoms. The van der Waals surface area contributed by atoms with Crippen LogP contribution in [0.15, 0.2) is 0 Å². The maximum absolute atomic E-state index is 11.9. The summed E-state index contributed by atoms with van der Waals surface area (Å²) in [6.45, 7) is 0.692. The fourth-order valence-corrected chi connectivity index (χ4v) is 1.71. The first kappa shape index (κ1) is 8.37. The molecule has 2 fully saturated rings. The topological polar surface area (TPSA) is 36.9 Å². The van der Waals surface area contributed by atoms with Gasteiger partial charge in [-0.15, -0.1) is 0 Å². The average molecular weight is 178 g/mol. The summed E-state index contributed by atoms with van der Waals surface area (Å²) in [7, 11) is 1.59. The van der Waals surface area contributed by atoms with E-state index in [0.29, 0.717) is 6.61 Å². The summed E-state index contributed by atoms with van der Waals surface area (Å²) in [5.41, 5.74) is 0. The lowest BCUT2D eigenvalue weighted by Crippen LogP contribution is -2.32. The standard InChI is InChI=1S/C7H11FO4/c1-9-4-2-10-7-5(12-8)3-11-6(4)7/h4-7H,2-3H2,1H3/t4?,5?,6-,7-/m1/s1. The van der Waals surface area contributed by atoms with Gasteiger partial charge in [-0.2, -0.15) is 4.94 Å². The second-order valence-electron chi connectivity index (χ2n) is 3.00. The molecule has 0 aromatic heterocycles. The molecule has 2 heterocycles. The molecule has 0 aromatic carbocycles.